The molecule has 0 aliphatic heterocycles. The Morgan fingerprint density at radius 3 is 1.18 bits per heavy atom. The van der Waals surface area contributed by atoms with Crippen LogP contribution in [0.25, 0.3) is 22.3 Å². The van der Waals surface area contributed by atoms with E-state index in [0.717, 1.165) is 70.1 Å². The van der Waals surface area contributed by atoms with Gasteiger partial charge in [0.2, 0.25) is 23.6 Å². The normalized spacial score (nSPS) is 11.9. The van der Waals surface area contributed by atoms with Gasteiger partial charge in [-0.15, -0.1) is 0 Å². The standard InChI is InChI=1S/C41H54N4O8.C32H39N3O5.C18H31N3O3/c1-7-43-37(46)17-12-24-51-29-19-18-28(36(25-29)50-6)26-45(23-22-42-5)38(47)21-20-35(39(48)53-41(2,3)4)44-40(49)52-27-34-32-15-10-8-13-30(32)31-14-9-11-16-33(31)34;1-4-34-31(36)14-9-19-39-24-16-15-23(30(20-24)38-3)21-35(18-17-33-2)32(37)40-22-29-27-12-7-5-10-25(27)26-11-6-8-13-28(26)29;1-5-20-18(22)7-6-12-24-16-9-8-15(17(13-16)23-4)14-21(3)11-10-19-2/h8-11,13-16,18-19,25,34-35,42H,7,12,17,20-24,26-27H2,1-6H3,(H,43,46)(H,44,49);5-8,10-13,15-16,20,29,33H,4,9,14,17-19,21-22H2,1-3H3,(H,34,36);8-9,13,19H,5-7,10-12,14H2,1-4H3,(H,20,22). The second kappa shape index (κ2) is 49.9. The van der Waals surface area contributed by atoms with Crippen molar-refractivity contribution in [3.8, 4) is 56.8 Å². The smallest absolute Gasteiger partial charge is 0.410 e. The van der Waals surface area contributed by atoms with E-state index in [1.165, 1.54) is 22.3 Å². The summed E-state index contributed by atoms with van der Waals surface area (Å²) in [4.78, 5) is 94.0. The van der Waals surface area contributed by atoms with E-state index in [4.69, 9.17) is 42.6 Å². The number of nitrogens with one attached hydrogen (secondary N) is 7. The molecule has 117 heavy (non-hydrogen) atoms. The molecule has 0 heterocycles. The molecule has 9 rings (SSSR count). The molecule has 634 valence electrons. The number of hydrogen-bond acceptors (Lipinski definition) is 20. The second-order valence-electron chi connectivity index (χ2n) is 29.3. The van der Waals surface area contributed by atoms with E-state index in [2.05, 4.69) is 85.6 Å². The van der Waals surface area contributed by atoms with Crippen molar-refractivity contribution in [3.05, 3.63) is 191 Å². The molecule has 2 aliphatic rings. The summed E-state index contributed by atoms with van der Waals surface area (Å²) in [6.07, 6.45) is 2.01. The van der Waals surface area contributed by atoms with Crippen LogP contribution in [0.1, 0.15) is 144 Å². The summed E-state index contributed by atoms with van der Waals surface area (Å²) in [5.74, 6) is 3.09. The Bertz CT molecular complexity index is 4200. The highest BCUT2D eigenvalue weighted by Crippen LogP contribution is 2.46. The highest BCUT2D eigenvalue weighted by molar-refractivity contribution is 5.84. The van der Waals surface area contributed by atoms with Crippen molar-refractivity contribution in [1.29, 1.82) is 0 Å². The number of alkyl carbamates (subject to hydrolysis) is 1. The Morgan fingerprint density at radius 2 is 0.803 bits per heavy atom. The summed E-state index contributed by atoms with van der Waals surface area (Å²) in [6.45, 7) is 19.8. The molecule has 7 N–H and O–H groups in total. The van der Waals surface area contributed by atoms with E-state index in [1.54, 1.807) is 65.0 Å². The lowest BCUT2D eigenvalue weighted by molar-refractivity contribution is -0.157. The van der Waals surface area contributed by atoms with Crippen LogP contribution >= 0.6 is 0 Å². The van der Waals surface area contributed by atoms with Crippen molar-refractivity contribution < 1.29 is 76.2 Å². The van der Waals surface area contributed by atoms with Gasteiger partial charge in [0.1, 0.15) is 59.4 Å². The van der Waals surface area contributed by atoms with Crippen LogP contribution in [-0.2, 0) is 57.8 Å². The van der Waals surface area contributed by atoms with Gasteiger partial charge in [0, 0.05) is 144 Å². The average Bonchev–Trinajstić information content (AvgIpc) is 1.62. The summed E-state index contributed by atoms with van der Waals surface area (Å²) in [7, 11) is 12.5. The van der Waals surface area contributed by atoms with Crippen LogP contribution in [0, 0.1) is 0 Å². The van der Waals surface area contributed by atoms with Crippen LogP contribution in [0.5, 0.6) is 34.5 Å². The summed E-state index contributed by atoms with van der Waals surface area (Å²) >= 11 is 0. The molecule has 0 spiro atoms. The van der Waals surface area contributed by atoms with Gasteiger partial charge in [-0.2, -0.15) is 0 Å². The van der Waals surface area contributed by atoms with Crippen molar-refractivity contribution in [2.75, 3.05) is 141 Å². The lowest BCUT2D eigenvalue weighted by atomic mass is 9.98. The van der Waals surface area contributed by atoms with E-state index in [0.29, 0.717) is 134 Å². The van der Waals surface area contributed by atoms with Crippen molar-refractivity contribution in [1.82, 2.24) is 51.9 Å². The molecule has 7 aromatic carbocycles. The second-order valence-corrected chi connectivity index (χ2v) is 29.3. The lowest BCUT2D eigenvalue weighted by Gasteiger charge is -2.27. The molecule has 0 bridgehead atoms. The SMILES string of the molecule is CCNC(=O)CCCOc1ccc(CN(C)CCNC)c(OC)c1.CCNC(=O)CCCOc1ccc(CN(CCNC)C(=O)CCC(NC(=O)OCC2c3ccccc3-c3ccccc32)C(=O)OC(C)(C)C)c(OC)c1.CCNC(=O)CCCOc1ccc(CN(CCNC)C(=O)OCC2c3ccccc3-c3ccccc32)c(OC)c1. The van der Waals surface area contributed by atoms with Gasteiger partial charge >= 0.3 is 18.2 Å². The van der Waals surface area contributed by atoms with E-state index in [1.807, 2.05) is 144 Å². The number of carbonyl (C=O) groups is 7. The van der Waals surface area contributed by atoms with Gasteiger partial charge in [0.15, 0.2) is 0 Å². The van der Waals surface area contributed by atoms with Crippen molar-refractivity contribution in [3.63, 3.8) is 0 Å². The molecular weight excluding hydrogens is 1490 g/mol. The minimum Gasteiger partial charge on any atom is -0.496 e. The van der Waals surface area contributed by atoms with Crippen molar-refractivity contribution in [2.24, 2.45) is 0 Å². The zero-order chi connectivity index (χ0) is 84.5. The highest BCUT2D eigenvalue weighted by atomic mass is 16.6. The minimum atomic E-state index is -1.11. The Balaban J connectivity index is 0.000000260. The number of nitrogens with zero attached hydrogens (tertiary/aromatic N) is 3. The van der Waals surface area contributed by atoms with Crippen LogP contribution in [0.3, 0.4) is 0 Å². The number of carbonyl (C=O) groups excluding carboxylic acids is 7. The molecule has 0 radical (unpaired) electrons. The van der Waals surface area contributed by atoms with Crippen molar-refractivity contribution >= 4 is 41.8 Å². The molecule has 7 aromatic rings. The highest BCUT2D eigenvalue weighted by Gasteiger charge is 2.34. The number of amides is 6. The van der Waals surface area contributed by atoms with Gasteiger partial charge in [0.25, 0.3) is 0 Å². The van der Waals surface area contributed by atoms with E-state index in [9.17, 15) is 33.6 Å². The van der Waals surface area contributed by atoms with Gasteiger partial charge in [-0.3, -0.25) is 19.2 Å². The van der Waals surface area contributed by atoms with Crippen LogP contribution in [-0.4, -0.2) is 210 Å². The molecule has 0 saturated heterocycles. The number of fused-ring (bicyclic) bond motifs is 6. The Hall–Kier alpha value is -10.9. The zero-order valence-corrected chi connectivity index (χ0v) is 70.7. The van der Waals surface area contributed by atoms with Crippen LogP contribution < -0.4 is 65.6 Å². The molecule has 26 heteroatoms. The van der Waals surface area contributed by atoms with Gasteiger partial charge in [-0.1, -0.05) is 103 Å². The summed E-state index contributed by atoms with van der Waals surface area (Å²) in [6, 6.07) is 48.5. The number of ether oxygens (including phenoxy) is 9. The number of hydrogen-bond donors (Lipinski definition) is 7. The fraction of sp³-hybridized carbons (Fsp3) is 0.462. The first-order valence-electron chi connectivity index (χ1n) is 40.6. The maximum Gasteiger partial charge on any atom is 0.410 e. The Morgan fingerprint density at radius 1 is 0.444 bits per heavy atom. The van der Waals surface area contributed by atoms with Gasteiger partial charge < -0.3 is 94.5 Å². The lowest BCUT2D eigenvalue weighted by Crippen LogP contribution is -2.45. The van der Waals surface area contributed by atoms with E-state index in [-0.39, 0.29) is 74.2 Å². The first-order valence-corrected chi connectivity index (χ1v) is 40.6. The minimum absolute atomic E-state index is 0.00140. The molecule has 1 unspecified atom stereocenters. The molecule has 6 amide bonds. The first kappa shape index (κ1) is 93.2. The Labute approximate surface area is 691 Å². The number of benzene rings is 7. The fourth-order valence-corrected chi connectivity index (χ4v) is 13.6. The maximum atomic E-state index is 13.7. The summed E-state index contributed by atoms with van der Waals surface area (Å²) < 4.78 is 51.4. The maximum absolute atomic E-state index is 13.7. The van der Waals surface area contributed by atoms with E-state index >= 15 is 0 Å². The molecule has 26 nitrogen and oxygen atoms in total. The monoisotopic (exact) mass is 1610 g/mol. The third-order valence-electron chi connectivity index (χ3n) is 19.4. The average molecular weight is 1610 g/mol. The quantitative estimate of drug-likeness (QED) is 0.0106. The molecule has 0 aromatic heterocycles. The van der Waals surface area contributed by atoms with E-state index < -0.39 is 23.7 Å². The predicted octanol–water partition coefficient (Wildman–Crippen LogP) is 12.2. The zero-order valence-electron chi connectivity index (χ0n) is 70.7. The van der Waals surface area contributed by atoms with Crippen LogP contribution in [0.4, 0.5) is 9.59 Å². The largest absolute Gasteiger partial charge is 0.496 e. The molecule has 1 atom stereocenters. The van der Waals surface area contributed by atoms with Crippen molar-refractivity contribution in [2.45, 2.75) is 136 Å². The molecule has 0 saturated carbocycles. The first-order chi connectivity index (χ1) is 56.6. The number of esters is 1. The van der Waals surface area contributed by atoms with Gasteiger partial charge in [0.05, 0.1) is 47.7 Å². The molecular formula is C91H124N10O16. The number of rotatable bonds is 45. The topological polar surface area (TPSA) is 296 Å². The van der Waals surface area contributed by atoms with Gasteiger partial charge in [-0.05, 0) is 170 Å². The number of methoxy groups -OCH3 is 3. The Kier molecular flexibility index (Phi) is 39.7. The molecule has 2 aliphatic carbocycles. The summed E-state index contributed by atoms with van der Waals surface area (Å²) in [5.41, 5.74) is 11.1. The predicted molar refractivity (Wildman–Crippen MR) is 455 cm³/mol. The third-order valence-corrected chi connectivity index (χ3v) is 19.4. The number of likely N-dealkylation sites (N-methyl/N-ethyl adjacent to an activating group) is 4. The third kappa shape index (κ3) is 30.3. The van der Waals surface area contributed by atoms with Crippen LogP contribution in [0.2, 0.25) is 0 Å². The fourth-order valence-electron chi connectivity index (χ4n) is 13.6. The van der Waals surface area contributed by atoms with Gasteiger partial charge in [-0.25, -0.2) is 14.4 Å². The van der Waals surface area contributed by atoms with Crippen LogP contribution in [0.15, 0.2) is 152 Å². The summed E-state index contributed by atoms with van der Waals surface area (Å²) in [5, 5.41) is 20.4. The molecule has 0 fully saturated rings.